The van der Waals surface area contributed by atoms with Crippen molar-refractivity contribution in [3.63, 3.8) is 0 Å². The van der Waals surface area contributed by atoms with Crippen molar-refractivity contribution < 1.29 is 4.79 Å². The summed E-state index contributed by atoms with van der Waals surface area (Å²) in [6.07, 6.45) is 3.61. The van der Waals surface area contributed by atoms with Crippen LogP contribution in [0.25, 0.3) is 0 Å². The molecule has 118 valence electrons. The van der Waals surface area contributed by atoms with Crippen molar-refractivity contribution in [1.82, 2.24) is 14.9 Å². The molecule has 1 N–H and O–H groups in total. The number of aromatic nitrogens is 2. The summed E-state index contributed by atoms with van der Waals surface area (Å²) in [4.78, 5) is 23.4. The number of hydrogen-bond acceptors (Lipinski definition) is 4. The van der Waals surface area contributed by atoms with Crippen LogP contribution in [0.1, 0.15) is 69.7 Å². The third-order valence-electron chi connectivity index (χ3n) is 3.70. The van der Waals surface area contributed by atoms with Gasteiger partial charge in [-0.25, -0.2) is 9.97 Å². The van der Waals surface area contributed by atoms with Gasteiger partial charge in [-0.2, -0.15) is 0 Å². The Labute approximate surface area is 128 Å². The maximum absolute atomic E-state index is 12.8. The second-order valence-electron chi connectivity index (χ2n) is 5.56. The fraction of sp³-hybridized carbons (Fsp3) is 0.688. The van der Waals surface area contributed by atoms with Crippen molar-refractivity contribution in [2.24, 2.45) is 0 Å². The number of nitrogens with zero attached hydrogens (tertiary/aromatic N) is 3. The van der Waals surface area contributed by atoms with E-state index in [4.69, 9.17) is 0 Å². The molecule has 5 heteroatoms. The first-order chi connectivity index (χ1) is 9.96. The second-order valence-corrected chi connectivity index (χ2v) is 5.56. The van der Waals surface area contributed by atoms with Gasteiger partial charge in [0.25, 0.3) is 5.91 Å². The van der Waals surface area contributed by atoms with Gasteiger partial charge in [0.1, 0.15) is 5.82 Å². The van der Waals surface area contributed by atoms with Gasteiger partial charge >= 0.3 is 0 Å². The molecule has 21 heavy (non-hydrogen) atoms. The highest BCUT2D eigenvalue weighted by Crippen LogP contribution is 2.19. The molecule has 0 saturated carbocycles. The summed E-state index contributed by atoms with van der Waals surface area (Å²) < 4.78 is 0. The maximum atomic E-state index is 12.8. The molecule has 1 heterocycles. The van der Waals surface area contributed by atoms with Crippen LogP contribution in [0.4, 0.5) is 5.69 Å². The minimum atomic E-state index is -0.0380. The summed E-state index contributed by atoms with van der Waals surface area (Å²) >= 11 is 0. The van der Waals surface area contributed by atoms with Crippen molar-refractivity contribution in [3.05, 3.63) is 17.7 Å². The van der Waals surface area contributed by atoms with E-state index in [1.165, 1.54) is 0 Å². The average Bonchev–Trinajstić information content (AvgIpc) is 2.48. The van der Waals surface area contributed by atoms with Gasteiger partial charge in [-0.15, -0.1) is 0 Å². The molecule has 5 nitrogen and oxygen atoms in total. The molecule has 1 rings (SSSR count). The van der Waals surface area contributed by atoms with Gasteiger partial charge in [0, 0.05) is 25.6 Å². The Morgan fingerprint density at radius 3 is 2.38 bits per heavy atom. The van der Waals surface area contributed by atoms with E-state index < -0.39 is 0 Å². The Hall–Kier alpha value is -1.65. The van der Waals surface area contributed by atoms with Gasteiger partial charge in [0.2, 0.25) is 0 Å². The Morgan fingerprint density at radius 2 is 1.90 bits per heavy atom. The quantitative estimate of drug-likeness (QED) is 0.837. The van der Waals surface area contributed by atoms with Gasteiger partial charge in [0.05, 0.1) is 11.9 Å². The van der Waals surface area contributed by atoms with Crippen LogP contribution in [0.2, 0.25) is 0 Å². The predicted molar refractivity (Wildman–Crippen MR) is 86.7 cm³/mol. The lowest BCUT2D eigenvalue weighted by atomic mass is 10.1. The van der Waals surface area contributed by atoms with Gasteiger partial charge in [-0.3, -0.25) is 4.79 Å². The van der Waals surface area contributed by atoms with Crippen molar-refractivity contribution >= 4 is 11.6 Å². The van der Waals surface area contributed by atoms with Gasteiger partial charge in [-0.1, -0.05) is 27.7 Å². The number of anilines is 1. The molecule has 0 spiro atoms. The summed E-state index contributed by atoms with van der Waals surface area (Å²) in [7, 11) is 1.85. The van der Waals surface area contributed by atoms with E-state index in [1.54, 1.807) is 11.1 Å². The van der Waals surface area contributed by atoms with Crippen molar-refractivity contribution in [2.45, 2.75) is 59.4 Å². The number of carbonyl (C=O) groups excluding carboxylic acids is 1. The van der Waals surface area contributed by atoms with Crippen LogP contribution in [0, 0.1) is 0 Å². The zero-order valence-corrected chi connectivity index (χ0v) is 14.1. The molecule has 0 aliphatic heterocycles. The minimum absolute atomic E-state index is 0.0380. The van der Waals surface area contributed by atoms with Crippen molar-refractivity contribution in [2.75, 3.05) is 18.9 Å². The summed E-state index contributed by atoms with van der Waals surface area (Å²) in [6, 6.07) is 0.240. The Morgan fingerprint density at radius 1 is 1.29 bits per heavy atom. The number of amides is 1. The Bertz CT molecular complexity index is 469. The van der Waals surface area contributed by atoms with Gasteiger partial charge in [0.15, 0.2) is 5.69 Å². The summed E-state index contributed by atoms with van der Waals surface area (Å²) in [5.74, 6) is 0.868. The third-order valence-corrected chi connectivity index (χ3v) is 3.70. The topological polar surface area (TPSA) is 58.1 Å². The fourth-order valence-corrected chi connectivity index (χ4v) is 2.33. The van der Waals surface area contributed by atoms with Crippen LogP contribution in [0.15, 0.2) is 6.20 Å². The van der Waals surface area contributed by atoms with Crippen molar-refractivity contribution in [3.8, 4) is 0 Å². The molecule has 0 saturated heterocycles. The molecular weight excluding hydrogens is 264 g/mol. The fourth-order valence-electron chi connectivity index (χ4n) is 2.33. The summed E-state index contributed by atoms with van der Waals surface area (Å²) in [5, 5.41) is 3.18. The normalized spacial score (nSPS) is 11.0. The molecule has 0 aliphatic carbocycles. The highest BCUT2D eigenvalue weighted by atomic mass is 16.2. The first-order valence-corrected chi connectivity index (χ1v) is 7.84. The molecule has 0 radical (unpaired) electrons. The molecule has 0 bridgehead atoms. The lowest BCUT2D eigenvalue weighted by molar-refractivity contribution is 0.0718. The molecule has 1 aromatic rings. The third kappa shape index (κ3) is 4.16. The standard InChI is InChI=1S/C16H28N4O/c1-7-12(8-2)20(6)16(21)14-13(17-9-3)10-18-15(19-14)11(4)5/h10-12,17H,7-9H2,1-6H3. The molecule has 0 aliphatic rings. The number of rotatable bonds is 7. The molecule has 0 unspecified atom stereocenters. The monoisotopic (exact) mass is 292 g/mol. The second kappa shape index (κ2) is 7.96. The highest BCUT2D eigenvalue weighted by molar-refractivity contribution is 5.97. The Kier molecular flexibility index (Phi) is 6.59. The lowest BCUT2D eigenvalue weighted by Gasteiger charge is -2.27. The van der Waals surface area contributed by atoms with E-state index >= 15 is 0 Å². The van der Waals surface area contributed by atoms with Crippen LogP contribution in [0.5, 0.6) is 0 Å². The zero-order chi connectivity index (χ0) is 16.0. The first-order valence-electron chi connectivity index (χ1n) is 7.84. The smallest absolute Gasteiger partial charge is 0.274 e. The molecular formula is C16H28N4O. The molecule has 1 amide bonds. The van der Waals surface area contributed by atoms with Crippen LogP contribution in [0.3, 0.4) is 0 Å². The molecule has 1 aromatic heterocycles. The van der Waals surface area contributed by atoms with E-state index in [0.29, 0.717) is 17.2 Å². The van der Waals surface area contributed by atoms with E-state index in [9.17, 15) is 4.79 Å². The SMILES string of the molecule is CCNc1cnc(C(C)C)nc1C(=O)N(C)C(CC)CC. The summed E-state index contributed by atoms with van der Waals surface area (Å²) in [5.41, 5.74) is 1.19. The molecule has 0 fully saturated rings. The van der Waals surface area contributed by atoms with E-state index in [1.807, 2.05) is 27.8 Å². The minimum Gasteiger partial charge on any atom is -0.382 e. The van der Waals surface area contributed by atoms with Gasteiger partial charge < -0.3 is 10.2 Å². The van der Waals surface area contributed by atoms with Crippen LogP contribution < -0.4 is 5.32 Å². The van der Waals surface area contributed by atoms with E-state index in [2.05, 4.69) is 29.1 Å². The predicted octanol–water partition coefficient (Wildman–Crippen LogP) is 3.29. The molecule has 0 aromatic carbocycles. The van der Waals surface area contributed by atoms with E-state index in [0.717, 1.165) is 19.4 Å². The van der Waals surface area contributed by atoms with E-state index in [-0.39, 0.29) is 17.9 Å². The van der Waals surface area contributed by atoms with Crippen molar-refractivity contribution in [1.29, 1.82) is 0 Å². The molecule has 0 atom stereocenters. The van der Waals surface area contributed by atoms with Gasteiger partial charge in [-0.05, 0) is 19.8 Å². The zero-order valence-electron chi connectivity index (χ0n) is 14.1. The van der Waals surface area contributed by atoms with Crippen LogP contribution >= 0.6 is 0 Å². The van der Waals surface area contributed by atoms with Crippen LogP contribution in [-0.4, -0.2) is 40.4 Å². The average molecular weight is 292 g/mol. The first kappa shape index (κ1) is 17.4. The number of carbonyl (C=O) groups is 1. The van der Waals surface area contributed by atoms with Crippen LogP contribution in [-0.2, 0) is 0 Å². The highest BCUT2D eigenvalue weighted by Gasteiger charge is 2.23. The lowest BCUT2D eigenvalue weighted by Crippen LogP contribution is -2.37. The number of nitrogens with one attached hydrogen (secondary N) is 1. The maximum Gasteiger partial charge on any atom is 0.274 e. The summed E-state index contributed by atoms with van der Waals surface area (Å²) in [6.45, 7) is 11.0. The largest absolute Gasteiger partial charge is 0.382 e. The Balaban J connectivity index is 3.18. The number of hydrogen-bond donors (Lipinski definition) is 1.